The van der Waals surface area contributed by atoms with Crippen LogP contribution in [0.5, 0.6) is 0 Å². The van der Waals surface area contributed by atoms with Crippen LogP contribution in [0.4, 0.5) is 33.5 Å². The first kappa shape index (κ1) is 25.7. The molecule has 2 aromatic heterocycles. The van der Waals surface area contributed by atoms with Gasteiger partial charge in [-0.1, -0.05) is 47.6 Å². The quantitative estimate of drug-likeness (QED) is 0.285. The molecule has 2 heterocycles. The Kier molecular flexibility index (Phi) is 6.92. The predicted octanol–water partition coefficient (Wildman–Crippen LogP) is 6.16. The largest absolute Gasteiger partial charge is 0.463 e. The van der Waals surface area contributed by atoms with E-state index in [1.807, 2.05) is 48.5 Å². The number of rotatable bonds is 7. The van der Waals surface area contributed by atoms with Crippen molar-refractivity contribution in [3.05, 3.63) is 77.7 Å². The van der Waals surface area contributed by atoms with Crippen LogP contribution in [-0.2, 0) is 11.3 Å². The number of hydrogen-bond donors (Lipinski definition) is 2. The Morgan fingerprint density at radius 3 is 2.24 bits per heavy atom. The highest BCUT2D eigenvalue weighted by Crippen LogP contribution is 2.37. The number of hydrogen-bond acceptors (Lipinski definition) is 6. The Morgan fingerprint density at radius 1 is 0.946 bits per heavy atom. The smallest absolute Gasteiger partial charge is 0.364 e. The molecule has 1 amide bonds. The van der Waals surface area contributed by atoms with Crippen molar-refractivity contribution in [1.82, 2.24) is 15.1 Å². The predicted molar refractivity (Wildman–Crippen MR) is 126 cm³/mol. The molecule has 0 aliphatic rings. The molecule has 0 radical (unpaired) electrons. The van der Waals surface area contributed by atoms with E-state index >= 15 is 0 Å². The summed E-state index contributed by atoms with van der Waals surface area (Å²) in [6.45, 7) is 3.32. The van der Waals surface area contributed by atoms with Gasteiger partial charge in [0.1, 0.15) is 5.82 Å². The highest BCUT2D eigenvalue weighted by atomic mass is 19.4. The summed E-state index contributed by atoms with van der Waals surface area (Å²) in [6.07, 6.45) is -4.68. The van der Waals surface area contributed by atoms with E-state index in [4.69, 9.17) is 4.52 Å². The number of benzene rings is 2. The topological polar surface area (TPSA) is 92.9 Å². The number of amides is 1. The monoisotopic (exact) mass is 517 g/mol. The van der Waals surface area contributed by atoms with Crippen molar-refractivity contribution in [2.24, 2.45) is 0 Å². The van der Waals surface area contributed by atoms with E-state index in [0.29, 0.717) is 11.7 Å². The van der Waals surface area contributed by atoms with Crippen molar-refractivity contribution in [3.63, 3.8) is 0 Å². The fraction of sp³-hybridized carbons (Fsp3) is 0.200. The lowest BCUT2D eigenvalue weighted by Crippen LogP contribution is -2.47. The molecular weight excluding hydrogens is 497 g/mol. The van der Waals surface area contributed by atoms with E-state index in [9.17, 15) is 26.7 Å². The number of aromatic nitrogens is 3. The van der Waals surface area contributed by atoms with Crippen molar-refractivity contribution in [2.45, 2.75) is 32.5 Å². The van der Waals surface area contributed by atoms with E-state index < -0.39 is 18.0 Å². The van der Waals surface area contributed by atoms with Gasteiger partial charge in [0.15, 0.2) is 5.82 Å². The van der Waals surface area contributed by atoms with Crippen LogP contribution in [0.15, 0.2) is 65.3 Å². The Labute approximate surface area is 207 Å². The maximum absolute atomic E-state index is 13.4. The summed E-state index contributed by atoms with van der Waals surface area (Å²) in [4.78, 5) is 20.0. The van der Waals surface area contributed by atoms with E-state index in [0.717, 1.165) is 22.3 Å². The number of aryl methyl sites for hydroxylation is 2. The van der Waals surface area contributed by atoms with Crippen molar-refractivity contribution >= 4 is 17.4 Å². The molecule has 0 unspecified atom stereocenters. The molecule has 0 aliphatic heterocycles. The summed E-state index contributed by atoms with van der Waals surface area (Å²) in [5.74, 6) is -7.20. The minimum atomic E-state index is -6.02. The van der Waals surface area contributed by atoms with E-state index in [-0.39, 0.29) is 23.6 Å². The van der Waals surface area contributed by atoms with E-state index in [2.05, 4.69) is 20.4 Å². The van der Waals surface area contributed by atoms with Crippen LogP contribution in [0.25, 0.3) is 22.6 Å². The molecule has 2 N–H and O–H groups in total. The molecule has 0 saturated heterocycles. The Morgan fingerprint density at radius 2 is 1.62 bits per heavy atom. The number of anilines is 2. The van der Waals surface area contributed by atoms with Gasteiger partial charge in [0.05, 0.1) is 5.69 Å². The van der Waals surface area contributed by atoms with Crippen molar-refractivity contribution in [3.8, 4) is 22.6 Å². The summed E-state index contributed by atoms with van der Waals surface area (Å²) < 4.78 is 69.9. The maximum atomic E-state index is 13.4. The van der Waals surface area contributed by atoms with Gasteiger partial charge in [-0.05, 0) is 48.2 Å². The zero-order valence-electron chi connectivity index (χ0n) is 19.5. The molecule has 192 valence electrons. The number of nitrogens with one attached hydrogen (secondary N) is 2. The molecule has 7 nitrogen and oxygen atoms in total. The second-order valence-corrected chi connectivity index (χ2v) is 8.12. The van der Waals surface area contributed by atoms with Crippen molar-refractivity contribution in [1.29, 1.82) is 0 Å². The van der Waals surface area contributed by atoms with Gasteiger partial charge in [0.2, 0.25) is 0 Å². The molecule has 0 atom stereocenters. The van der Waals surface area contributed by atoms with Gasteiger partial charge >= 0.3 is 18.0 Å². The fourth-order valence-electron chi connectivity index (χ4n) is 3.49. The first-order valence-corrected chi connectivity index (χ1v) is 10.9. The summed E-state index contributed by atoms with van der Waals surface area (Å²) in [7, 11) is 0. The SMILES string of the molecule is Cc1noc(-c2ccccc2-c2ccc(CNc3nccc(C)c3NC(=O)C(F)(F)C(F)(F)F)cc2)n1. The summed E-state index contributed by atoms with van der Waals surface area (Å²) in [6, 6.07) is 16.2. The summed E-state index contributed by atoms with van der Waals surface area (Å²) in [5.41, 5.74) is 3.24. The third kappa shape index (κ3) is 5.42. The molecule has 37 heavy (non-hydrogen) atoms. The molecule has 4 rings (SSSR count). The third-order valence-electron chi connectivity index (χ3n) is 5.45. The molecule has 0 fully saturated rings. The highest BCUT2D eigenvalue weighted by molar-refractivity contribution is 5.99. The van der Waals surface area contributed by atoms with Gasteiger partial charge in [-0.25, -0.2) is 4.98 Å². The van der Waals surface area contributed by atoms with Gasteiger partial charge in [0, 0.05) is 18.3 Å². The maximum Gasteiger partial charge on any atom is 0.463 e. The van der Waals surface area contributed by atoms with Gasteiger partial charge in [0.25, 0.3) is 5.89 Å². The molecule has 0 spiro atoms. The molecular formula is C25H20F5N5O2. The van der Waals surface area contributed by atoms with Crippen LogP contribution < -0.4 is 10.6 Å². The normalized spacial score (nSPS) is 11.9. The lowest BCUT2D eigenvalue weighted by atomic mass is 9.98. The number of carbonyl (C=O) groups excluding carboxylic acids is 1. The van der Waals surface area contributed by atoms with Crippen LogP contribution in [0.3, 0.4) is 0 Å². The lowest BCUT2D eigenvalue weighted by Gasteiger charge is -2.20. The van der Waals surface area contributed by atoms with E-state index in [1.165, 1.54) is 19.2 Å². The van der Waals surface area contributed by atoms with Gasteiger partial charge in [-0.3, -0.25) is 4.79 Å². The zero-order chi connectivity index (χ0) is 26.8. The minimum absolute atomic E-state index is 0.0486. The number of halogens is 5. The molecule has 2 aromatic carbocycles. The van der Waals surface area contributed by atoms with Crippen LogP contribution >= 0.6 is 0 Å². The number of pyridine rings is 1. The second kappa shape index (κ2) is 9.96. The molecule has 4 aromatic rings. The fourth-order valence-corrected chi connectivity index (χ4v) is 3.49. The first-order valence-electron chi connectivity index (χ1n) is 10.9. The van der Waals surface area contributed by atoms with Crippen molar-refractivity contribution < 1.29 is 31.3 Å². The molecule has 0 saturated carbocycles. The van der Waals surface area contributed by atoms with Gasteiger partial charge in [-0.15, -0.1) is 0 Å². The average molecular weight is 517 g/mol. The molecule has 12 heteroatoms. The minimum Gasteiger partial charge on any atom is -0.364 e. The lowest BCUT2D eigenvalue weighted by molar-refractivity contribution is -0.267. The Hall–Kier alpha value is -4.35. The molecule has 0 aliphatic carbocycles. The zero-order valence-corrected chi connectivity index (χ0v) is 19.5. The molecule has 0 bridgehead atoms. The Balaban J connectivity index is 1.51. The van der Waals surface area contributed by atoms with Crippen LogP contribution in [0.2, 0.25) is 0 Å². The van der Waals surface area contributed by atoms with Crippen LogP contribution in [-0.4, -0.2) is 33.1 Å². The first-order chi connectivity index (χ1) is 17.5. The summed E-state index contributed by atoms with van der Waals surface area (Å²) in [5, 5.41) is 8.37. The second-order valence-electron chi connectivity index (χ2n) is 8.12. The van der Waals surface area contributed by atoms with E-state index in [1.54, 1.807) is 12.2 Å². The summed E-state index contributed by atoms with van der Waals surface area (Å²) >= 11 is 0. The van der Waals surface area contributed by atoms with Crippen LogP contribution in [0.1, 0.15) is 17.0 Å². The Bertz CT molecular complexity index is 1420. The number of nitrogens with zero attached hydrogens (tertiary/aromatic N) is 3. The average Bonchev–Trinajstić information content (AvgIpc) is 3.30. The van der Waals surface area contributed by atoms with Crippen molar-refractivity contribution in [2.75, 3.05) is 10.6 Å². The van der Waals surface area contributed by atoms with Crippen LogP contribution in [0, 0.1) is 13.8 Å². The third-order valence-corrected chi connectivity index (χ3v) is 5.45. The number of alkyl halides is 5. The van der Waals surface area contributed by atoms with Gasteiger partial charge < -0.3 is 15.2 Å². The number of carbonyl (C=O) groups is 1. The highest BCUT2D eigenvalue weighted by Gasteiger charge is 2.63. The van der Waals surface area contributed by atoms with Gasteiger partial charge in [-0.2, -0.15) is 26.9 Å². The standard InChI is InChI=1S/C25H20F5N5O2/c1-14-11-12-31-21(20(14)34-23(36)24(26,27)25(28,29)30)32-13-16-7-9-17(10-8-16)18-5-3-4-6-19(18)22-33-15(2)35-37-22/h3-12H,13H2,1-2H3,(H,31,32)(H,34,36).